The summed E-state index contributed by atoms with van der Waals surface area (Å²) in [5.74, 6) is 5.44. The summed E-state index contributed by atoms with van der Waals surface area (Å²) >= 11 is 0. The maximum atomic E-state index is 9.90. The third kappa shape index (κ3) is 16.5. The Bertz CT molecular complexity index is 1230. The number of rotatable bonds is 33. The number of aliphatic hydroxyl groups excluding tert-OH is 1. The van der Waals surface area contributed by atoms with E-state index >= 15 is 0 Å². The van der Waals surface area contributed by atoms with E-state index in [1.165, 1.54) is 148 Å². The summed E-state index contributed by atoms with van der Waals surface area (Å²) in [6.45, 7) is 17.9. The minimum atomic E-state index is -0.807. The first kappa shape index (κ1) is 51.7. The highest BCUT2D eigenvalue weighted by Crippen LogP contribution is 2.67. The highest BCUT2D eigenvalue weighted by Gasteiger charge is 2.59. The van der Waals surface area contributed by atoms with Crippen molar-refractivity contribution in [2.75, 3.05) is 39.6 Å². The van der Waals surface area contributed by atoms with E-state index < -0.39 is 5.54 Å². The molecule has 0 aliphatic heterocycles. The normalized spacial score (nSPS) is 29.5. The standard InChI is InChI=1S/C55H99NO4/c1-7-8-9-10-11-12-13-14-15-16-18-21-24-38-58-43-55(56,42-57)44-59-39-25-22-19-17-20-23-26-40-60-48-34-36-53(5)47(41-48)30-31-49-51-33-32-50(46(4)29-27-28-45(2)3)54(51,6)37-35-52(49)53/h8-9,11-12,30,45-46,48-52,57H,7,10,13-29,31-44,56H2,1-6H3/b9-8-,12-11-/t46?,48-,49?,50?,51?,52?,53-,54+,55?/m0/s1. The molecular formula is C55H99NO4. The van der Waals surface area contributed by atoms with Crippen LogP contribution in [0.25, 0.3) is 0 Å². The zero-order chi connectivity index (χ0) is 43.1. The van der Waals surface area contributed by atoms with E-state index in [1.54, 1.807) is 5.57 Å². The van der Waals surface area contributed by atoms with Gasteiger partial charge in [-0.15, -0.1) is 0 Å². The van der Waals surface area contributed by atoms with E-state index in [2.05, 4.69) is 71.9 Å². The highest BCUT2D eigenvalue weighted by atomic mass is 16.5. The molecular weight excluding hydrogens is 739 g/mol. The fourth-order valence-electron chi connectivity index (χ4n) is 12.6. The molecule has 348 valence electrons. The van der Waals surface area contributed by atoms with Crippen LogP contribution in [0, 0.1) is 46.3 Å². The zero-order valence-corrected chi connectivity index (χ0v) is 40.5. The molecule has 5 heteroatoms. The molecule has 4 aliphatic rings. The van der Waals surface area contributed by atoms with E-state index in [1.807, 2.05) is 0 Å². The van der Waals surface area contributed by atoms with Crippen LogP contribution in [0.2, 0.25) is 0 Å². The summed E-state index contributed by atoms with van der Waals surface area (Å²) in [4.78, 5) is 0. The molecule has 0 spiro atoms. The molecule has 3 N–H and O–H groups in total. The molecule has 0 aromatic rings. The quantitative estimate of drug-likeness (QED) is 0.0509. The van der Waals surface area contributed by atoms with Gasteiger partial charge in [0.1, 0.15) is 0 Å². The fourth-order valence-corrected chi connectivity index (χ4v) is 12.6. The van der Waals surface area contributed by atoms with Crippen molar-refractivity contribution in [2.24, 2.45) is 52.1 Å². The predicted molar refractivity (Wildman–Crippen MR) is 256 cm³/mol. The molecule has 3 saturated carbocycles. The molecule has 0 amide bonds. The number of hydrogen-bond donors (Lipinski definition) is 2. The van der Waals surface area contributed by atoms with Gasteiger partial charge >= 0.3 is 0 Å². The lowest BCUT2D eigenvalue weighted by Crippen LogP contribution is -2.52. The number of hydrogen-bond acceptors (Lipinski definition) is 5. The highest BCUT2D eigenvalue weighted by molar-refractivity contribution is 5.25. The molecule has 6 unspecified atom stereocenters. The molecule has 60 heavy (non-hydrogen) atoms. The van der Waals surface area contributed by atoms with Gasteiger partial charge < -0.3 is 25.1 Å². The van der Waals surface area contributed by atoms with E-state index in [0.717, 1.165) is 67.8 Å². The Labute approximate surface area is 372 Å². The molecule has 0 radical (unpaired) electrons. The van der Waals surface area contributed by atoms with Crippen LogP contribution in [-0.2, 0) is 14.2 Å². The Hall–Kier alpha value is -0.980. The van der Waals surface area contributed by atoms with Crippen LogP contribution < -0.4 is 5.73 Å². The zero-order valence-electron chi connectivity index (χ0n) is 40.5. The lowest BCUT2D eigenvalue weighted by molar-refractivity contribution is -0.0641. The van der Waals surface area contributed by atoms with Crippen LogP contribution in [-0.4, -0.2) is 56.4 Å². The Kier molecular flexibility index (Phi) is 24.1. The molecule has 9 atom stereocenters. The van der Waals surface area contributed by atoms with Gasteiger partial charge in [0.2, 0.25) is 0 Å². The number of allylic oxidation sites excluding steroid dienone is 5. The predicted octanol–water partition coefficient (Wildman–Crippen LogP) is 14.5. The lowest BCUT2D eigenvalue weighted by atomic mass is 9.47. The van der Waals surface area contributed by atoms with E-state index in [0.29, 0.717) is 43.4 Å². The van der Waals surface area contributed by atoms with E-state index in [4.69, 9.17) is 19.9 Å². The van der Waals surface area contributed by atoms with Crippen molar-refractivity contribution in [3.05, 3.63) is 36.0 Å². The molecule has 4 aliphatic carbocycles. The van der Waals surface area contributed by atoms with Gasteiger partial charge in [-0.25, -0.2) is 0 Å². The van der Waals surface area contributed by atoms with Crippen LogP contribution in [0.5, 0.6) is 0 Å². The van der Waals surface area contributed by atoms with Crippen LogP contribution >= 0.6 is 0 Å². The average molecular weight is 838 g/mol. The number of ether oxygens (including phenoxy) is 3. The van der Waals surface area contributed by atoms with Crippen molar-refractivity contribution in [1.82, 2.24) is 0 Å². The Morgan fingerprint density at radius 2 is 1.37 bits per heavy atom. The second-order valence-corrected chi connectivity index (χ2v) is 21.6. The van der Waals surface area contributed by atoms with Crippen LogP contribution in [0.3, 0.4) is 0 Å². The molecule has 5 nitrogen and oxygen atoms in total. The average Bonchev–Trinajstić information content (AvgIpc) is 3.60. The Morgan fingerprint density at radius 1 is 0.733 bits per heavy atom. The first-order chi connectivity index (χ1) is 29.1. The largest absolute Gasteiger partial charge is 0.394 e. The molecule has 3 fully saturated rings. The SMILES string of the molecule is CC/C=C\C/C=C\CCCCCCCCOCC(N)(CO)COCCCCCCCCCO[C@H]1CC[C@@]2(C)C(=CCC3C4CCC(C(C)CCCC(C)C)[C@@]4(C)CCC32)C1. The number of unbranched alkanes of at least 4 members (excludes halogenated alkanes) is 12. The summed E-state index contributed by atoms with van der Waals surface area (Å²) in [5.41, 5.74) is 8.36. The van der Waals surface area contributed by atoms with Crippen molar-refractivity contribution < 1.29 is 19.3 Å². The van der Waals surface area contributed by atoms with Gasteiger partial charge in [-0.2, -0.15) is 0 Å². The summed E-state index contributed by atoms with van der Waals surface area (Å²) in [6.07, 6.45) is 46.8. The van der Waals surface area contributed by atoms with Gasteiger partial charge in [-0.05, 0) is 143 Å². The maximum Gasteiger partial charge on any atom is 0.0862 e. The molecule has 0 aromatic heterocycles. The summed E-state index contributed by atoms with van der Waals surface area (Å²) in [6, 6.07) is 0. The van der Waals surface area contributed by atoms with Crippen LogP contribution in [0.15, 0.2) is 36.0 Å². The first-order valence-electron chi connectivity index (χ1n) is 26.2. The van der Waals surface area contributed by atoms with Gasteiger partial charge in [0, 0.05) is 19.8 Å². The smallest absolute Gasteiger partial charge is 0.0862 e. The number of nitrogens with two attached hydrogens (primary N) is 1. The first-order valence-corrected chi connectivity index (χ1v) is 26.2. The second-order valence-electron chi connectivity index (χ2n) is 21.6. The van der Waals surface area contributed by atoms with Crippen molar-refractivity contribution >= 4 is 0 Å². The third-order valence-electron chi connectivity index (χ3n) is 16.4. The molecule has 0 aromatic carbocycles. The van der Waals surface area contributed by atoms with Crippen LogP contribution in [0.1, 0.15) is 215 Å². The van der Waals surface area contributed by atoms with Gasteiger partial charge in [0.25, 0.3) is 0 Å². The summed E-state index contributed by atoms with van der Waals surface area (Å²) < 4.78 is 18.3. The van der Waals surface area contributed by atoms with Gasteiger partial charge in [0.15, 0.2) is 0 Å². The summed E-state index contributed by atoms with van der Waals surface area (Å²) in [5, 5.41) is 9.90. The molecule has 4 rings (SSSR count). The van der Waals surface area contributed by atoms with E-state index in [-0.39, 0.29) is 6.61 Å². The van der Waals surface area contributed by atoms with Crippen LogP contribution in [0.4, 0.5) is 0 Å². The number of aliphatic hydroxyl groups is 1. The van der Waals surface area contributed by atoms with Gasteiger partial charge in [-0.1, -0.05) is 155 Å². The molecule has 0 saturated heterocycles. The lowest BCUT2D eigenvalue weighted by Gasteiger charge is -2.58. The van der Waals surface area contributed by atoms with Gasteiger partial charge in [0.05, 0.1) is 31.5 Å². The second kappa shape index (κ2) is 28.0. The minimum Gasteiger partial charge on any atom is -0.394 e. The maximum absolute atomic E-state index is 9.90. The molecule has 0 heterocycles. The molecule has 0 bridgehead atoms. The van der Waals surface area contributed by atoms with Crippen molar-refractivity contribution in [1.29, 1.82) is 0 Å². The fraction of sp³-hybridized carbons (Fsp3) is 0.891. The van der Waals surface area contributed by atoms with E-state index in [9.17, 15) is 5.11 Å². The minimum absolute atomic E-state index is 0.113. The van der Waals surface area contributed by atoms with Crippen molar-refractivity contribution in [3.63, 3.8) is 0 Å². The number of fused-ring (bicyclic) bond motifs is 5. The Morgan fingerprint density at radius 3 is 2.02 bits per heavy atom. The third-order valence-corrected chi connectivity index (χ3v) is 16.4. The van der Waals surface area contributed by atoms with Crippen molar-refractivity contribution in [3.8, 4) is 0 Å². The topological polar surface area (TPSA) is 73.9 Å². The monoisotopic (exact) mass is 838 g/mol. The van der Waals surface area contributed by atoms with Crippen molar-refractivity contribution in [2.45, 2.75) is 227 Å². The van der Waals surface area contributed by atoms with Gasteiger partial charge in [-0.3, -0.25) is 0 Å². The summed E-state index contributed by atoms with van der Waals surface area (Å²) in [7, 11) is 0. The Balaban J connectivity index is 0.968.